The average molecular weight is 278 g/mol. The van der Waals surface area contributed by atoms with E-state index in [1.54, 1.807) is 6.07 Å². The number of aldehydes is 1. The molecule has 1 aromatic rings. The van der Waals surface area contributed by atoms with Crippen molar-refractivity contribution in [1.29, 1.82) is 0 Å². The minimum Gasteiger partial charge on any atom is -0.379 e. The van der Waals surface area contributed by atoms with Gasteiger partial charge in [-0.05, 0) is 18.6 Å². The maximum absolute atomic E-state index is 13.7. The van der Waals surface area contributed by atoms with Crippen LogP contribution in [0.2, 0.25) is 0 Å². The van der Waals surface area contributed by atoms with Crippen molar-refractivity contribution in [3.8, 4) is 0 Å². The van der Waals surface area contributed by atoms with Crippen LogP contribution in [0.15, 0.2) is 18.2 Å². The molecule has 5 heteroatoms. The van der Waals surface area contributed by atoms with Crippen LogP contribution in [0.4, 0.5) is 10.1 Å². The molecule has 2 aliphatic rings. The molecule has 0 bridgehead atoms. The Hall–Kier alpha value is -1.46. The van der Waals surface area contributed by atoms with Gasteiger partial charge >= 0.3 is 0 Å². The molecule has 0 aromatic heterocycles. The van der Waals surface area contributed by atoms with Crippen LogP contribution in [0.1, 0.15) is 16.8 Å². The number of morpholine rings is 1. The second-order valence-electron chi connectivity index (χ2n) is 5.33. The summed E-state index contributed by atoms with van der Waals surface area (Å²) in [5.41, 5.74) is 0.894. The Bertz CT molecular complexity index is 489. The number of rotatable bonds is 3. The summed E-state index contributed by atoms with van der Waals surface area (Å²) in [6.45, 7) is 5.22. The number of hydrogen-bond acceptors (Lipinski definition) is 4. The molecule has 20 heavy (non-hydrogen) atoms. The smallest absolute Gasteiger partial charge is 0.155 e. The van der Waals surface area contributed by atoms with Crippen molar-refractivity contribution in [2.75, 3.05) is 44.3 Å². The molecule has 0 spiro atoms. The summed E-state index contributed by atoms with van der Waals surface area (Å²) in [4.78, 5) is 15.6. The highest BCUT2D eigenvalue weighted by atomic mass is 19.1. The number of carbonyl (C=O) groups excluding carboxylic acids is 1. The predicted octanol–water partition coefficient (Wildman–Crippen LogP) is 1.55. The van der Waals surface area contributed by atoms with Gasteiger partial charge in [-0.2, -0.15) is 0 Å². The van der Waals surface area contributed by atoms with Crippen LogP contribution < -0.4 is 4.90 Å². The third kappa shape index (κ3) is 2.55. The van der Waals surface area contributed by atoms with Crippen molar-refractivity contribution in [2.45, 2.75) is 12.5 Å². The summed E-state index contributed by atoms with van der Waals surface area (Å²) in [6.07, 6.45) is 1.67. The lowest BCUT2D eigenvalue weighted by Crippen LogP contribution is -2.44. The highest BCUT2D eigenvalue weighted by Gasteiger charge is 2.30. The Labute approximate surface area is 118 Å². The van der Waals surface area contributed by atoms with Crippen LogP contribution in [0.5, 0.6) is 0 Å². The molecule has 2 heterocycles. The summed E-state index contributed by atoms with van der Waals surface area (Å²) >= 11 is 0. The van der Waals surface area contributed by atoms with Crippen LogP contribution in [0.25, 0.3) is 0 Å². The molecular weight excluding hydrogens is 259 g/mol. The van der Waals surface area contributed by atoms with Gasteiger partial charge in [0.05, 0.1) is 24.5 Å². The van der Waals surface area contributed by atoms with E-state index in [0.717, 1.165) is 51.5 Å². The summed E-state index contributed by atoms with van der Waals surface area (Å²) in [7, 11) is 0. The van der Waals surface area contributed by atoms with Gasteiger partial charge in [0.1, 0.15) is 5.82 Å². The lowest BCUT2D eigenvalue weighted by Gasteiger charge is -2.32. The molecule has 4 nitrogen and oxygen atoms in total. The second-order valence-corrected chi connectivity index (χ2v) is 5.33. The fourth-order valence-corrected chi connectivity index (χ4v) is 3.12. The molecule has 0 aliphatic carbocycles. The maximum Gasteiger partial charge on any atom is 0.155 e. The molecule has 0 amide bonds. The quantitative estimate of drug-likeness (QED) is 0.785. The highest BCUT2D eigenvalue weighted by molar-refractivity contribution is 5.85. The van der Waals surface area contributed by atoms with Gasteiger partial charge in [0.2, 0.25) is 0 Å². The van der Waals surface area contributed by atoms with Gasteiger partial charge in [-0.1, -0.05) is 6.07 Å². The van der Waals surface area contributed by atoms with Gasteiger partial charge in [0, 0.05) is 32.2 Å². The molecule has 0 N–H and O–H groups in total. The van der Waals surface area contributed by atoms with E-state index in [-0.39, 0.29) is 5.56 Å². The van der Waals surface area contributed by atoms with Gasteiger partial charge in [-0.25, -0.2) is 4.39 Å². The van der Waals surface area contributed by atoms with Crippen LogP contribution >= 0.6 is 0 Å². The van der Waals surface area contributed by atoms with E-state index in [4.69, 9.17) is 4.74 Å². The van der Waals surface area contributed by atoms with E-state index < -0.39 is 5.82 Å². The summed E-state index contributed by atoms with van der Waals surface area (Å²) in [5.74, 6) is -0.438. The van der Waals surface area contributed by atoms with Gasteiger partial charge in [-0.3, -0.25) is 9.69 Å². The van der Waals surface area contributed by atoms with Crippen molar-refractivity contribution in [3.05, 3.63) is 29.6 Å². The lowest BCUT2D eigenvalue weighted by molar-refractivity contribution is 0.0209. The average Bonchev–Trinajstić information content (AvgIpc) is 2.97. The first-order valence-corrected chi connectivity index (χ1v) is 7.10. The fourth-order valence-electron chi connectivity index (χ4n) is 3.12. The van der Waals surface area contributed by atoms with Crippen molar-refractivity contribution in [3.63, 3.8) is 0 Å². The molecule has 0 saturated carbocycles. The monoisotopic (exact) mass is 278 g/mol. The number of hydrogen-bond donors (Lipinski definition) is 0. The van der Waals surface area contributed by atoms with E-state index in [1.807, 2.05) is 6.07 Å². The molecule has 2 aliphatic heterocycles. The van der Waals surface area contributed by atoms with Gasteiger partial charge < -0.3 is 9.64 Å². The van der Waals surface area contributed by atoms with Gasteiger partial charge in [-0.15, -0.1) is 0 Å². The number of halogens is 1. The van der Waals surface area contributed by atoms with E-state index in [1.165, 1.54) is 6.07 Å². The zero-order chi connectivity index (χ0) is 13.9. The Morgan fingerprint density at radius 1 is 1.25 bits per heavy atom. The molecule has 0 radical (unpaired) electrons. The van der Waals surface area contributed by atoms with Crippen molar-refractivity contribution < 1.29 is 13.9 Å². The highest BCUT2D eigenvalue weighted by Crippen LogP contribution is 2.27. The zero-order valence-corrected chi connectivity index (χ0v) is 11.4. The standard InChI is InChI=1S/C15H19FN2O2/c16-14-2-1-3-15(13(14)11-19)18-5-4-12(10-18)17-6-8-20-9-7-17/h1-3,11-12H,4-10H2. The fraction of sp³-hybridized carbons (Fsp3) is 0.533. The minimum atomic E-state index is -0.438. The molecule has 108 valence electrons. The Balaban J connectivity index is 1.73. The first-order chi connectivity index (χ1) is 9.79. The first kappa shape index (κ1) is 13.5. The molecular formula is C15H19FN2O2. The van der Waals surface area contributed by atoms with Crippen LogP contribution in [0, 0.1) is 5.82 Å². The summed E-state index contributed by atoms with van der Waals surface area (Å²) < 4.78 is 19.0. The van der Waals surface area contributed by atoms with Crippen LogP contribution in [-0.4, -0.2) is 56.6 Å². The number of anilines is 1. The second kappa shape index (κ2) is 5.89. The molecule has 2 saturated heterocycles. The van der Waals surface area contributed by atoms with E-state index in [0.29, 0.717) is 12.3 Å². The Kier molecular flexibility index (Phi) is 3.98. The Morgan fingerprint density at radius 3 is 2.80 bits per heavy atom. The first-order valence-electron chi connectivity index (χ1n) is 7.10. The molecule has 1 aromatic carbocycles. The molecule has 1 unspecified atom stereocenters. The number of benzene rings is 1. The SMILES string of the molecule is O=Cc1c(F)cccc1N1CCC(N2CCOCC2)C1. The predicted molar refractivity (Wildman–Crippen MR) is 74.8 cm³/mol. The molecule has 1 atom stereocenters. The summed E-state index contributed by atoms with van der Waals surface area (Å²) in [6, 6.07) is 5.30. The van der Waals surface area contributed by atoms with Crippen molar-refractivity contribution >= 4 is 12.0 Å². The van der Waals surface area contributed by atoms with E-state index >= 15 is 0 Å². The number of carbonyl (C=O) groups is 1. The van der Waals surface area contributed by atoms with Crippen LogP contribution in [0.3, 0.4) is 0 Å². The van der Waals surface area contributed by atoms with Gasteiger partial charge in [0.25, 0.3) is 0 Å². The molecule has 3 rings (SSSR count). The van der Waals surface area contributed by atoms with Crippen molar-refractivity contribution in [2.24, 2.45) is 0 Å². The number of nitrogens with zero attached hydrogens (tertiary/aromatic N) is 2. The largest absolute Gasteiger partial charge is 0.379 e. The zero-order valence-electron chi connectivity index (χ0n) is 11.4. The minimum absolute atomic E-state index is 0.176. The van der Waals surface area contributed by atoms with Crippen molar-refractivity contribution in [1.82, 2.24) is 4.90 Å². The van der Waals surface area contributed by atoms with E-state index in [9.17, 15) is 9.18 Å². The molecule has 2 fully saturated rings. The van der Waals surface area contributed by atoms with Gasteiger partial charge in [0.15, 0.2) is 6.29 Å². The normalized spacial score (nSPS) is 24.1. The third-order valence-electron chi connectivity index (χ3n) is 4.21. The summed E-state index contributed by atoms with van der Waals surface area (Å²) in [5, 5.41) is 0. The lowest BCUT2D eigenvalue weighted by atomic mass is 10.1. The Morgan fingerprint density at radius 2 is 2.05 bits per heavy atom. The topological polar surface area (TPSA) is 32.8 Å². The van der Waals surface area contributed by atoms with E-state index in [2.05, 4.69) is 9.80 Å². The number of ether oxygens (including phenoxy) is 1. The maximum atomic E-state index is 13.7. The van der Waals surface area contributed by atoms with Crippen LogP contribution in [-0.2, 0) is 4.74 Å². The third-order valence-corrected chi connectivity index (χ3v) is 4.21.